The van der Waals surface area contributed by atoms with Crippen LogP contribution in [0.1, 0.15) is 0 Å². The summed E-state index contributed by atoms with van der Waals surface area (Å²) in [6.07, 6.45) is 5.84. The average Bonchev–Trinajstić information content (AvgIpc) is 2.73. The van der Waals surface area contributed by atoms with E-state index in [2.05, 4.69) is 19.7 Å². The molecule has 1 heterocycles. The van der Waals surface area contributed by atoms with Gasteiger partial charge in [-0.25, -0.2) is 0 Å². The third-order valence-electron chi connectivity index (χ3n) is 2.41. The number of aliphatic hydroxyl groups is 2. The van der Waals surface area contributed by atoms with E-state index in [1.165, 1.54) is 0 Å². The van der Waals surface area contributed by atoms with E-state index in [0.29, 0.717) is 13.1 Å². The molecule has 0 aromatic carbocycles. The second-order valence-electron chi connectivity index (χ2n) is 4.06. The highest BCUT2D eigenvalue weighted by atomic mass is 16.3. The topological polar surface area (TPSA) is 62.5 Å². The van der Waals surface area contributed by atoms with Crippen LogP contribution in [0.5, 0.6) is 0 Å². The third-order valence-corrected chi connectivity index (χ3v) is 2.41. The van der Waals surface area contributed by atoms with Crippen LogP contribution in [-0.2, 0) is 0 Å². The van der Waals surface area contributed by atoms with E-state index >= 15 is 0 Å². The van der Waals surface area contributed by atoms with Crippen LogP contribution in [0.25, 0.3) is 0 Å². The van der Waals surface area contributed by atoms with Crippen molar-refractivity contribution in [1.82, 2.24) is 14.7 Å². The van der Waals surface area contributed by atoms with Crippen LogP contribution in [0.3, 0.4) is 0 Å². The third kappa shape index (κ3) is 5.67. The van der Waals surface area contributed by atoms with Crippen molar-refractivity contribution in [2.24, 2.45) is 4.99 Å². The van der Waals surface area contributed by atoms with Gasteiger partial charge in [-0.1, -0.05) is 0 Å². The molecule has 0 atom stereocenters. The molecule has 1 aliphatic rings. The zero-order valence-corrected chi connectivity index (χ0v) is 10.4. The largest absolute Gasteiger partial charge is 0.395 e. The molecule has 0 saturated carbocycles. The smallest absolute Gasteiger partial charge is 0.0906 e. The molecule has 0 aromatic heterocycles. The summed E-state index contributed by atoms with van der Waals surface area (Å²) in [4.78, 5) is 10.4. The van der Waals surface area contributed by atoms with Crippen LogP contribution in [-0.4, -0.2) is 84.4 Å². The van der Waals surface area contributed by atoms with Crippen molar-refractivity contribution in [3.8, 4) is 0 Å². The Hall–Kier alpha value is -1.11. The number of hydrogen-bond acceptors (Lipinski definition) is 6. The fourth-order valence-electron chi connectivity index (χ4n) is 1.60. The molecule has 98 valence electrons. The Labute approximate surface area is 102 Å². The molecule has 6 heteroatoms. The first kappa shape index (κ1) is 14.0. The molecule has 17 heavy (non-hydrogen) atoms. The summed E-state index contributed by atoms with van der Waals surface area (Å²) in [5, 5.41) is 17.4. The van der Waals surface area contributed by atoms with Gasteiger partial charge in [0.05, 0.1) is 33.1 Å². The Morgan fingerprint density at radius 3 is 2.76 bits per heavy atom. The van der Waals surface area contributed by atoms with Crippen molar-refractivity contribution in [3.63, 3.8) is 0 Å². The monoisotopic (exact) mass is 242 g/mol. The van der Waals surface area contributed by atoms with E-state index in [1.54, 1.807) is 0 Å². The molecule has 1 aliphatic heterocycles. The predicted molar refractivity (Wildman–Crippen MR) is 67.6 cm³/mol. The molecule has 0 aromatic rings. The molecule has 0 bridgehead atoms. The van der Waals surface area contributed by atoms with Crippen LogP contribution in [0.15, 0.2) is 17.4 Å². The van der Waals surface area contributed by atoms with Gasteiger partial charge in [-0.05, 0) is 7.05 Å². The molecule has 0 aliphatic carbocycles. The Bertz CT molecular complexity index is 258. The van der Waals surface area contributed by atoms with Gasteiger partial charge in [-0.3, -0.25) is 9.89 Å². The zero-order chi connectivity index (χ0) is 12.5. The maximum atomic E-state index is 8.82. The van der Waals surface area contributed by atoms with Crippen molar-refractivity contribution in [1.29, 1.82) is 0 Å². The summed E-state index contributed by atoms with van der Waals surface area (Å²) in [5.41, 5.74) is 0. The fraction of sp³-hybridized carbons (Fsp3) is 0.727. The number of aliphatic imine (C=N–C) groups is 1. The molecule has 6 nitrogen and oxygen atoms in total. The highest BCUT2D eigenvalue weighted by Crippen LogP contribution is 2.05. The van der Waals surface area contributed by atoms with Gasteiger partial charge in [0.25, 0.3) is 0 Å². The van der Waals surface area contributed by atoms with Crippen molar-refractivity contribution in [2.45, 2.75) is 0 Å². The molecular formula is C11H22N4O2. The predicted octanol–water partition coefficient (Wildman–Crippen LogP) is -1.02. The second kappa shape index (κ2) is 8.05. The first-order valence-corrected chi connectivity index (χ1v) is 5.81. The molecule has 0 amide bonds. The lowest BCUT2D eigenvalue weighted by molar-refractivity contribution is 0.166. The minimum atomic E-state index is 0.102. The van der Waals surface area contributed by atoms with E-state index in [4.69, 9.17) is 10.2 Å². The van der Waals surface area contributed by atoms with Crippen LogP contribution in [0, 0.1) is 0 Å². The normalized spacial score (nSPS) is 15.8. The standard InChI is InChI=1S/C11H22N4O2/c1-13(4-2-12-3-8-16)10-15-6-5-14(11-15)7-9-17/h2,5-6,16-17H,3-4,7-11H2,1H3. The van der Waals surface area contributed by atoms with Gasteiger partial charge < -0.3 is 20.0 Å². The molecule has 0 saturated heterocycles. The zero-order valence-electron chi connectivity index (χ0n) is 10.4. The van der Waals surface area contributed by atoms with Crippen molar-refractivity contribution >= 4 is 6.21 Å². The maximum Gasteiger partial charge on any atom is 0.0906 e. The molecule has 0 unspecified atom stereocenters. The van der Waals surface area contributed by atoms with E-state index in [9.17, 15) is 0 Å². The highest BCUT2D eigenvalue weighted by Gasteiger charge is 2.12. The van der Waals surface area contributed by atoms with E-state index in [-0.39, 0.29) is 13.2 Å². The number of nitrogens with zero attached hydrogens (tertiary/aromatic N) is 4. The molecule has 0 radical (unpaired) electrons. The van der Waals surface area contributed by atoms with Gasteiger partial charge in [0, 0.05) is 31.7 Å². The Morgan fingerprint density at radius 2 is 2.06 bits per heavy atom. The summed E-state index contributed by atoms with van der Waals surface area (Å²) < 4.78 is 0. The Balaban J connectivity index is 2.15. The van der Waals surface area contributed by atoms with Crippen LogP contribution < -0.4 is 0 Å². The van der Waals surface area contributed by atoms with Gasteiger partial charge in [-0.2, -0.15) is 0 Å². The molecular weight excluding hydrogens is 220 g/mol. The molecule has 2 N–H and O–H groups in total. The first-order valence-electron chi connectivity index (χ1n) is 5.81. The maximum absolute atomic E-state index is 8.82. The summed E-state index contributed by atoms with van der Waals surface area (Å²) >= 11 is 0. The van der Waals surface area contributed by atoms with E-state index < -0.39 is 0 Å². The van der Waals surface area contributed by atoms with Crippen molar-refractivity contribution in [3.05, 3.63) is 12.4 Å². The van der Waals surface area contributed by atoms with Gasteiger partial charge in [0.15, 0.2) is 0 Å². The Kier molecular flexibility index (Phi) is 6.61. The number of hydrogen-bond donors (Lipinski definition) is 2. The lowest BCUT2D eigenvalue weighted by Crippen LogP contribution is -2.36. The number of rotatable bonds is 8. The summed E-state index contributed by atoms with van der Waals surface area (Å²) in [5.74, 6) is 0. The van der Waals surface area contributed by atoms with Gasteiger partial charge >= 0.3 is 0 Å². The molecule has 0 fully saturated rings. The molecule has 0 spiro atoms. The van der Waals surface area contributed by atoms with E-state index in [0.717, 1.165) is 19.9 Å². The molecule has 1 rings (SSSR count). The van der Waals surface area contributed by atoms with E-state index in [1.807, 2.05) is 25.7 Å². The first-order chi connectivity index (χ1) is 8.26. The van der Waals surface area contributed by atoms with Gasteiger partial charge in [0.2, 0.25) is 0 Å². The quantitative estimate of drug-likeness (QED) is 0.533. The van der Waals surface area contributed by atoms with Crippen LogP contribution in [0.2, 0.25) is 0 Å². The van der Waals surface area contributed by atoms with Gasteiger partial charge in [-0.15, -0.1) is 0 Å². The highest BCUT2D eigenvalue weighted by molar-refractivity contribution is 5.59. The average molecular weight is 242 g/mol. The van der Waals surface area contributed by atoms with Crippen molar-refractivity contribution in [2.75, 3.05) is 53.2 Å². The van der Waals surface area contributed by atoms with Crippen LogP contribution >= 0.6 is 0 Å². The van der Waals surface area contributed by atoms with Crippen LogP contribution in [0.4, 0.5) is 0 Å². The minimum absolute atomic E-state index is 0.102. The SMILES string of the molecule is CN(CC=NCCO)CN1C=CN(CCO)C1. The second-order valence-corrected chi connectivity index (χ2v) is 4.06. The fourth-order valence-corrected chi connectivity index (χ4v) is 1.60. The van der Waals surface area contributed by atoms with Gasteiger partial charge in [0.1, 0.15) is 0 Å². The summed E-state index contributed by atoms with van der Waals surface area (Å²) in [7, 11) is 2.02. The lowest BCUT2D eigenvalue weighted by Gasteiger charge is -2.25. The summed E-state index contributed by atoms with van der Waals surface area (Å²) in [6.45, 7) is 3.84. The lowest BCUT2D eigenvalue weighted by atomic mass is 10.6. The summed E-state index contributed by atoms with van der Waals surface area (Å²) in [6, 6.07) is 0. The number of aliphatic hydroxyl groups excluding tert-OH is 2. The van der Waals surface area contributed by atoms with Crippen molar-refractivity contribution < 1.29 is 10.2 Å². The minimum Gasteiger partial charge on any atom is -0.395 e. The number of β-amino-alcohol motifs (C(OH)–C–C–N with tert-alkyl or cyclic N) is 1. The Morgan fingerprint density at radius 1 is 1.29 bits per heavy atom.